The number of ketones is 1. The van der Waals surface area contributed by atoms with Gasteiger partial charge >= 0.3 is 0 Å². The Balaban J connectivity index is 1.61. The predicted octanol–water partition coefficient (Wildman–Crippen LogP) is 1.94. The highest BCUT2D eigenvalue weighted by atomic mass is 32.1. The van der Waals surface area contributed by atoms with Crippen LogP contribution in [0.5, 0.6) is 0 Å². The summed E-state index contributed by atoms with van der Waals surface area (Å²) < 4.78 is 31.3. The number of rotatable bonds is 8. The molecule has 0 bridgehead atoms. The number of nitrogens with zero attached hydrogens (tertiary/aromatic N) is 3. The number of anilines is 3. The molecule has 172 valence electrons. The van der Waals surface area contributed by atoms with Gasteiger partial charge in [0, 0.05) is 18.2 Å². The normalized spacial score (nSPS) is 17.9. The summed E-state index contributed by atoms with van der Waals surface area (Å²) in [4.78, 5) is 42.4. The number of nitrogen functional groups attached to an aromatic ring is 1. The minimum atomic E-state index is -1.09. The van der Waals surface area contributed by atoms with Crippen LogP contribution in [0.1, 0.15) is 39.3 Å². The first-order valence-electron chi connectivity index (χ1n) is 9.72. The van der Waals surface area contributed by atoms with Crippen molar-refractivity contribution in [2.24, 2.45) is 5.73 Å². The summed E-state index contributed by atoms with van der Waals surface area (Å²) >= 11 is 0.855. The van der Waals surface area contributed by atoms with E-state index in [1.165, 1.54) is 36.1 Å². The largest absolute Gasteiger partial charge is 0.382 e. The van der Waals surface area contributed by atoms with Gasteiger partial charge in [-0.05, 0) is 31.2 Å². The first-order chi connectivity index (χ1) is 15.7. The monoisotopic (exact) mass is 476 g/mol. The van der Waals surface area contributed by atoms with Gasteiger partial charge in [0.15, 0.2) is 10.8 Å². The number of nitrogens with two attached hydrogens (primary N) is 2. The SMILES string of the molecule is CC(C(N)=O)N(c1ccc(F)cc1)c1nc(N)c(C(=O)c2cc(C(=O)NC3CC3F)no2)s1. The third kappa shape index (κ3) is 4.53. The Morgan fingerprint density at radius 3 is 2.58 bits per heavy atom. The van der Waals surface area contributed by atoms with Gasteiger partial charge in [0.05, 0.1) is 6.04 Å². The summed E-state index contributed by atoms with van der Waals surface area (Å²) in [5.41, 5.74) is 11.6. The fourth-order valence-electron chi connectivity index (χ4n) is 2.97. The molecule has 1 fully saturated rings. The number of hydrogen-bond acceptors (Lipinski definition) is 9. The van der Waals surface area contributed by atoms with E-state index in [9.17, 15) is 23.2 Å². The van der Waals surface area contributed by atoms with Crippen molar-refractivity contribution >= 4 is 45.6 Å². The third-order valence-electron chi connectivity index (χ3n) is 4.95. The molecule has 2 heterocycles. The Morgan fingerprint density at radius 2 is 1.97 bits per heavy atom. The molecule has 1 aliphatic rings. The summed E-state index contributed by atoms with van der Waals surface area (Å²) in [6, 6.07) is 4.91. The van der Waals surface area contributed by atoms with Gasteiger partial charge in [0.25, 0.3) is 5.91 Å². The maximum absolute atomic E-state index is 13.4. The van der Waals surface area contributed by atoms with E-state index in [4.69, 9.17) is 16.0 Å². The number of benzene rings is 1. The molecule has 33 heavy (non-hydrogen) atoms. The molecule has 3 aromatic rings. The molecule has 1 saturated carbocycles. The van der Waals surface area contributed by atoms with Crippen molar-refractivity contribution in [1.82, 2.24) is 15.5 Å². The van der Waals surface area contributed by atoms with Crippen molar-refractivity contribution in [2.45, 2.75) is 31.6 Å². The summed E-state index contributed by atoms with van der Waals surface area (Å²) in [5, 5.41) is 6.14. The predicted molar refractivity (Wildman–Crippen MR) is 114 cm³/mol. The van der Waals surface area contributed by atoms with Crippen molar-refractivity contribution in [3.05, 3.63) is 52.5 Å². The average Bonchev–Trinajstić information content (AvgIpc) is 3.16. The van der Waals surface area contributed by atoms with Crippen LogP contribution in [0.2, 0.25) is 0 Å². The van der Waals surface area contributed by atoms with Crippen LogP contribution in [-0.4, -0.2) is 46.0 Å². The Kier molecular flexibility index (Phi) is 5.80. The zero-order valence-electron chi connectivity index (χ0n) is 17.1. The van der Waals surface area contributed by atoms with Crippen molar-refractivity contribution in [2.75, 3.05) is 10.6 Å². The second-order valence-corrected chi connectivity index (χ2v) is 8.35. The minimum absolute atomic E-state index is 0.0251. The third-order valence-corrected chi connectivity index (χ3v) is 6.02. The van der Waals surface area contributed by atoms with E-state index in [1.807, 2.05) is 0 Å². The maximum atomic E-state index is 13.4. The molecule has 4 rings (SSSR count). The van der Waals surface area contributed by atoms with Crippen LogP contribution < -0.4 is 21.7 Å². The fraction of sp³-hybridized carbons (Fsp3) is 0.250. The molecule has 2 amide bonds. The van der Waals surface area contributed by atoms with E-state index in [2.05, 4.69) is 15.5 Å². The van der Waals surface area contributed by atoms with E-state index in [0.717, 1.165) is 17.4 Å². The minimum Gasteiger partial charge on any atom is -0.382 e. The number of halogens is 2. The van der Waals surface area contributed by atoms with Crippen LogP contribution in [0, 0.1) is 5.82 Å². The van der Waals surface area contributed by atoms with Crippen molar-refractivity contribution in [3.63, 3.8) is 0 Å². The van der Waals surface area contributed by atoms with E-state index in [1.54, 1.807) is 0 Å². The smallest absolute Gasteiger partial charge is 0.273 e. The first kappa shape index (κ1) is 22.3. The van der Waals surface area contributed by atoms with Gasteiger partial charge in [-0.15, -0.1) is 0 Å². The molecule has 3 unspecified atom stereocenters. The lowest BCUT2D eigenvalue weighted by atomic mass is 10.2. The fourth-order valence-corrected chi connectivity index (χ4v) is 4.00. The second-order valence-electron chi connectivity index (χ2n) is 7.37. The lowest BCUT2D eigenvalue weighted by Crippen LogP contribution is -2.39. The number of carbonyl (C=O) groups excluding carboxylic acids is 3. The molecule has 0 aliphatic heterocycles. The molecule has 0 radical (unpaired) electrons. The average molecular weight is 476 g/mol. The summed E-state index contributed by atoms with van der Waals surface area (Å²) in [6.07, 6.45) is -0.867. The van der Waals surface area contributed by atoms with Gasteiger partial charge < -0.3 is 26.2 Å². The zero-order valence-corrected chi connectivity index (χ0v) is 17.9. The van der Waals surface area contributed by atoms with E-state index >= 15 is 0 Å². The molecule has 10 nitrogen and oxygen atoms in total. The molecule has 0 spiro atoms. The summed E-state index contributed by atoms with van der Waals surface area (Å²) in [5.74, 6) is -2.94. The van der Waals surface area contributed by atoms with Crippen LogP contribution in [0.3, 0.4) is 0 Å². The molecule has 13 heteroatoms. The van der Waals surface area contributed by atoms with Crippen molar-refractivity contribution in [1.29, 1.82) is 0 Å². The number of carbonyl (C=O) groups is 3. The van der Waals surface area contributed by atoms with E-state index in [-0.39, 0.29) is 33.7 Å². The highest BCUT2D eigenvalue weighted by Gasteiger charge is 2.39. The van der Waals surface area contributed by atoms with E-state index in [0.29, 0.717) is 5.69 Å². The molecular weight excluding hydrogens is 458 g/mol. The Bertz CT molecular complexity index is 1230. The van der Waals surface area contributed by atoms with Gasteiger partial charge in [0.2, 0.25) is 17.5 Å². The topological polar surface area (TPSA) is 157 Å². The Labute approximate surface area is 189 Å². The molecule has 3 atom stereocenters. The Hall–Kier alpha value is -3.87. The van der Waals surface area contributed by atoms with Gasteiger partial charge in [0.1, 0.15) is 28.7 Å². The summed E-state index contributed by atoms with van der Waals surface area (Å²) in [6.45, 7) is 1.52. The first-order valence-corrected chi connectivity index (χ1v) is 10.5. The number of thiazole rings is 1. The number of alkyl halides is 1. The van der Waals surface area contributed by atoms with Crippen molar-refractivity contribution in [3.8, 4) is 0 Å². The van der Waals surface area contributed by atoms with E-state index < -0.39 is 41.7 Å². The summed E-state index contributed by atoms with van der Waals surface area (Å²) in [7, 11) is 0. The van der Waals surface area contributed by atoms with Gasteiger partial charge in [-0.1, -0.05) is 16.5 Å². The lowest BCUT2D eigenvalue weighted by Gasteiger charge is -2.26. The molecule has 0 saturated heterocycles. The molecular formula is C20H18F2N6O4S. The van der Waals surface area contributed by atoms with Crippen molar-refractivity contribution < 1.29 is 27.7 Å². The molecule has 2 aromatic heterocycles. The number of aromatic nitrogens is 2. The molecule has 1 aromatic carbocycles. The maximum Gasteiger partial charge on any atom is 0.273 e. The quantitative estimate of drug-likeness (QED) is 0.416. The molecule has 1 aliphatic carbocycles. The second kappa shape index (κ2) is 8.58. The lowest BCUT2D eigenvalue weighted by molar-refractivity contribution is -0.118. The van der Waals surface area contributed by atoms with Crippen LogP contribution in [0.15, 0.2) is 34.9 Å². The van der Waals surface area contributed by atoms with Crippen LogP contribution >= 0.6 is 11.3 Å². The highest BCUT2D eigenvalue weighted by molar-refractivity contribution is 7.18. The number of amides is 2. The number of hydrogen-bond donors (Lipinski definition) is 3. The number of primary amides is 1. The Morgan fingerprint density at radius 1 is 1.30 bits per heavy atom. The van der Waals surface area contributed by atoms with Gasteiger partial charge in [-0.25, -0.2) is 13.8 Å². The van der Waals surface area contributed by atoms with Crippen LogP contribution in [0.25, 0.3) is 0 Å². The van der Waals surface area contributed by atoms with Gasteiger partial charge in [-0.2, -0.15) is 0 Å². The van der Waals surface area contributed by atoms with Gasteiger partial charge in [-0.3, -0.25) is 14.4 Å². The standard InChI is InChI=1S/C20H18F2N6O4S/c1-8(18(24)30)28(10-4-2-9(21)3-5-10)20-26-17(23)16(33-20)15(29)14-7-13(27-32-14)19(31)25-12-6-11(12)22/h2-5,7-8,11-12H,6,23H2,1H3,(H2,24,30)(H,25,31). The molecule has 5 N–H and O–H groups in total. The van der Waals surface area contributed by atoms with Crippen LogP contribution in [0.4, 0.5) is 25.4 Å². The van der Waals surface area contributed by atoms with Crippen LogP contribution in [-0.2, 0) is 4.79 Å². The highest BCUT2D eigenvalue weighted by Crippen LogP contribution is 2.36. The number of nitrogens with one attached hydrogen (secondary N) is 1. The zero-order chi connectivity index (χ0) is 23.9.